The normalized spacial score (nSPS) is 11.8. The van der Waals surface area contributed by atoms with E-state index >= 15 is 0 Å². The van der Waals surface area contributed by atoms with Crippen LogP contribution >= 0.6 is 0 Å². The van der Waals surface area contributed by atoms with Crippen LogP contribution in [0.15, 0.2) is 42.5 Å². The number of hydrogen-bond acceptors (Lipinski definition) is 2. The maximum atomic E-state index is 13.3. The van der Waals surface area contributed by atoms with Crippen molar-refractivity contribution in [2.45, 2.75) is 66.5 Å². The summed E-state index contributed by atoms with van der Waals surface area (Å²) in [6.45, 7) is 11.1. The third-order valence-electron chi connectivity index (χ3n) is 5.28. The fraction of sp³-hybridized carbons (Fsp3) is 0.440. The molecular formula is C25H34N2O2. The Kier molecular flexibility index (Phi) is 8.44. The lowest BCUT2D eigenvalue weighted by Crippen LogP contribution is -2.48. The molecule has 0 aromatic heterocycles. The van der Waals surface area contributed by atoms with Gasteiger partial charge in [-0.25, -0.2) is 0 Å². The zero-order chi connectivity index (χ0) is 21.4. The quantitative estimate of drug-likeness (QED) is 0.637. The van der Waals surface area contributed by atoms with Gasteiger partial charge in [-0.1, -0.05) is 66.9 Å². The summed E-state index contributed by atoms with van der Waals surface area (Å²) in [4.78, 5) is 27.7. The third kappa shape index (κ3) is 6.74. The first-order valence-corrected chi connectivity index (χ1v) is 10.5. The van der Waals surface area contributed by atoms with E-state index in [9.17, 15) is 9.59 Å². The second kappa shape index (κ2) is 10.8. The summed E-state index contributed by atoms with van der Waals surface area (Å²) in [7, 11) is 0. The van der Waals surface area contributed by atoms with E-state index in [-0.39, 0.29) is 11.8 Å². The van der Waals surface area contributed by atoms with Gasteiger partial charge in [-0.3, -0.25) is 9.59 Å². The Hall–Kier alpha value is -2.62. The van der Waals surface area contributed by atoms with Crippen molar-refractivity contribution in [1.29, 1.82) is 0 Å². The van der Waals surface area contributed by atoms with E-state index < -0.39 is 6.04 Å². The average Bonchev–Trinajstić information content (AvgIpc) is 2.68. The molecule has 0 saturated heterocycles. The van der Waals surface area contributed by atoms with Crippen molar-refractivity contribution in [3.63, 3.8) is 0 Å². The number of hydrogen-bond donors (Lipinski definition) is 1. The lowest BCUT2D eigenvalue weighted by molar-refractivity contribution is -0.140. The van der Waals surface area contributed by atoms with Crippen LogP contribution in [-0.2, 0) is 22.6 Å². The first-order chi connectivity index (χ1) is 13.8. The predicted molar refractivity (Wildman–Crippen MR) is 119 cm³/mol. The minimum atomic E-state index is -0.523. The van der Waals surface area contributed by atoms with Crippen molar-refractivity contribution in [2.75, 3.05) is 6.54 Å². The summed E-state index contributed by atoms with van der Waals surface area (Å²) in [5.74, 6) is -0.126. The summed E-state index contributed by atoms with van der Waals surface area (Å²) >= 11 is 0. The van der Waals surface area contributed by atoms with Gasteiger partial charge in [-0.05, 0) is 50.8 Å². The average molecular weight is 395 g/mol. The number of nitrogens with zero attached hydrogens (tertiary/aromatic N) is 1. The fourth-order valence-corrected chi connectivity index (χ4v) is 3.38. The molecule has 0 saturated carbocycles. The summed E-state index contributed by atoms with van der Waals surface area (Å²) in [6.07, 6.45) is 2.26. The molecule has 0 aliphatic carbocycles. The highest BCUT2D eigenvalue weighted by molar-refractivity contribution is 5.88. The molecule has 4 heteroatoms. The maximum absolute atomic E-state index is 13.3. The number of carbonyl (C=O) groups is 2. The molecule has 4 nitrogen and oxygen atoms in total. The van der Waals surface area contributed by atoms with Gasteiger partial charge in [0.1, 0.15) is 6.04 Å². The molecule has 2 amide bonds. The molecule has 0 aliphatic heterocycles. The molecule has 156 valence electrons. The molecule has 0 radical (unpaired) electrons. The zero-order valence-corrected chi connectivity index (χ0v) is 18.4. The van der Waals surface area contributed by atoms with Crippen LogP contribution in [-0.4, -0.2) is 29.3 Å². The molecule has 1 N–H and O–H groups in total. The van der Waals surface area contributed by atoms with Gasteiger partial charge < -0.3 is 10.2 Å². The molecule has 2 rings (SSSR count). The second-order valence-corrected chi connectivity index (χ2v) is 7.94. The van der Waals surface area contributed by atoms with E-state index in [0.717, 1.165) is 40.7 Å². The first kappa shape index (κ1) is 22.7. The Bertz CT molecular complexity index is 844. The number of amides is 2. The number of unbranched alkanes of at least 4 members (excludes halogenated alkanes) is 1. The Morgan fingerprint density at radius 1 is 1.03 bits per heavy atom. The molecule has 0 aliphatic rings. The predicted octanol–water partition coefficient (Wildman–Crippen LogP) is 4.49. The van der Waals surface area contributed by atoms with Gasteiger partial charge in [0.2, 0.25) is 11.8 Å². The van der Waals surface area contributed by atoms with Gasteiger partial charge in [-0.15, -0.1) is 0 Å². The second-order valence-electron chi connectivity index (χ2n) is 7.94. The van der Waals surface area contributed by atoms with E-state index in [1.807, 2.05) is 52.0 Å². The van der Waals surface area contributed by atoms with Crippen LogP contribution in [0.3, 0.4) is 0 Å². The topological polar surface area (TPSA) is 49.4 Å². The molecule has 0 heterocycles. The maximum Gasteiger partial charge on any atom is 0.242 e. The highest BCUT2D eigenvalue weighted by atomic mass is 16.2. The van der Waals surface area contributed by atoms with Gasteiger partial charge in [-0.2, -0.15) is 0 Å². The molecule has 0 spiro atoms. The van der Waals surface area contributed by atoms with Gasteiger partial charge in [0.25, 0.3) is 0 Å². The standard InChI is InChI=1S/C25H34N2O2/c1-6-7-13-26-25(29)21(5)27(17-22-10-8-9-18(2)14-22)24(28)16-23-15-19(3)11-12-20(23)4/h8-12,14-15,21H,6-7,13,16-17H2,1-5H3,(H,26,29). The van der Waals surface area contributed by atoms with Crippen LogP contribution in [0.1, 0.15) is 54.5 Å². The summed E-state index contributed by atoms with van der Waals surface area (Å²) in [6, 6.07) is 13.7. The Morgan fingerprint density at radius 3 is 2.45 bits per heavy atom. The smallest absolute Gasteiger partial charge is 0.242 e. The summed E-state index contributed by atoms with van der Waals surface area (Å²) < 4.78 is 0. The number of nitrogens with one attached hydrogen (secondary N) is 1. The lowest BCUT2D eigenvalue weighted by atomic mass is 10.0. The van der Waals surface area contributed by atoms with Crippen LogP contribution in [0, 0.1) is 20.8 Å². The largest absolute Gasteiger partial charge is 0.354 e. The molecular weight excluding hydrogens is 360 g/mol. The van der Waals surface area contributed by atoms with E-state index in [0.29, 0.717) is 19.5 Å². The van der Waals surface area contributed by atoms with Crippen LogP contribution in [0.5, 0.6) is 0 Å². The number of benzene rings is 2. The molecule has 0 fully saturated rings. The fourth-order valence-electron chi connectivity index (χ4n) is 3.38. The highest BCUT2D eigenvalue weighted by Crippen LogP contribution is 2.16. The van der Waals surface area contributed by atoms with Crippen LogP contribution in [0.4, 0.5) is 0 Å². The Morgan fingerprint density at radius 2 is 1.76 bits per heavy atom. The van der Waals surface area contributed by atoms with E-state index in [2.05, 4.69) is 30.4 Å². The molecule has 1 unspecified atom stereocenters. The molecule has 0 bridgehead atoms. The van der Waals surface area contributed by atoms with Gasteiger partial charge >= 0.3 is 0 Å². The molecule has 2 aromatic rings. The van der Waals surface area contributed by atoms with Gasteiger partial charge in [0.05, 0.1) is 6.42 Å². The Labute approximate surface area is 175 Å². The van der Waals surface area contributed by atoms with Gasteiger partial charge in [0.15, 0.2) is 0 Å². The van der Waals surface area contributed by atoms with E-state index in [1.54, 1.807) is 4.90 Å². The van der Waals surface area contributed by atoms with E-state index in [1.165, 1.54) is 0 Å². The zero-order valence-electron chi connectivity index (χ0n) is 18.4. The number of carbonyl (C=O) groups excluding carboxylic acids is 2. The number of rotatable bonds is 9. The minimum absolute atomic E-state index is 0.0293. The van der Waals surface area contributed by atoms with Crippen molar-refractivity contribution in [2.24, 2.45) is 0 Å². The van der Waals surface area contributed by atoms with Crippen molar-refractivity contribution >= 4 is 11.8 Å². The van der Waals surface area contributed by atoms with E-state index in [4.69, 9.17) is 0 Å². The van der Waals surface area contributed by atoms with Crippen molar-refractivity contribution in [3.05, 3.63) is 70.3 Å². The molecule has 2 aromatic carbocycles. The summed E-state index contributed by atoms with van der Waals surface area (Å²) in [5.41, 5.74) is 5.42. The molecule has 1 atom stereocenters. The summed E-state index contributed by atoms with van der Waals surface area (Å²) in [5, 5.41) is 2.97. The van der Waals surface area contributed by atoms with Crippen LogP contribution in [0.2, 0.25) is 0 Å². The minimum Gasteiger partial charge on any atom is -0.354 e. The monoisotopic (exact) mass is 394 g/mol. The van der Waals surface area contributed by atoms with Crippen LogP contribution in [0.25, 0.3) is 0 Å². The van der Waals surface area contributed by atoms with Crippen molar-refractivity contribution in [3.8, 4) is 0 Å². The molecule has 29 heavy (non-hydrogen) atoms. The van der Waals surface area contributed by atoms with Gasteiger partial charge in [0, 0.05) is 13.1 Å². The van der Waals surface area contributed by atoms with Crippen molar-refractivity contribution in [1.82, 2.24) is 10.2 Å². The van der Waals surface area contributed by atoms with Crippen LogP contribution < -0.4 is 5.32 Å². The first-order valence-electron chi connectivity index (χ1n) is 10.5. The third-order valence-corrected chi connectivity index (χ3v) is 5.28. The SMILES string of the molecule is CCCCNC(=O)C(C)N(Cc1cccc(C)c1)C(=O)Cc1cc(C)ccc1C. The van der Waals surface area contributed by atoms with Crippen molar-refractivity contribution < 1.29 is 9.59 Å². The number of aryl methyl sites for hydroxylation is 3. The Balaban J connectivity index is 2.23. The lowest BCUT2D eigenvalue weighted by Gasteiger charge is -2.29. The highest BCUT2D eigenvalue weighted by Gasteiger charge is 2.26.